The highest BCUT2D eigenvalue weighted by molar-refractivity contribution is 7.99. The molecule has 2 rings (SSSR count). The van der Waals surface area contributed by atoms with Crippen molar-refractivity contribution in [1.82, 2.24) is 0 Å². The lowest BCUT2D eigenvalue weighted by Crippen LogP contribution is -1.94. The Morgan fingerprint density at radius 3 is 2.87 bits per heavy atom. The summed E-state index contributed by atoms with van der Waals surface area (Å²) >= 11 is 1.99. The van der Waals surface area contributed by atoms with E-state index in [4.69, 9.17) is 9.47 Å². The van der Waals surface area contributed by atoms with Crippen LogP contribution in [-0.2, 0) is 6.42 Å². The zero-order valence-electron chi connectivity index (χ0n) is 9.16. The fraction of sp³-hybridized carbons (Fsp3) is 0.500. The minimum absolute atomic E-state index is 0.361. The van der Waals surface area contributed by atoms with E-state index in [0.29, 0.717) is 12.0 Å². The van der Waals surface area contributed by atoms with Crippen LogP contribution in [0.3, 0.4) is 0 Å². The predicted molar refractivity (Wildman–Crippen MR) is 63.9 cm³/mol. The first-order valence-corrected chi connectivity index (χ1v) is 6.31. The number of benzene rings is 1. The molecule has 1 aliphatic rings. The second-order valence-corrected chi connectivity index (χ2v) is 5.54. The van der Waals surface area contributed by atoms with Crippen molar-refractivity contribution in [2.45, 2.75) is 25.5 Å². The van der Waals surface area contributed by atoms with Crippen molar-refractivity contribution >= 4 is 11.8 Å². The molecule has 0 saturated carbocycles. The first-order valence-electron chi connectivity index (χ1n) is 5.26. The van der Waals surface area contributed by atoms with Gasteiger partial charge in [0.05, 0.1) is 0 Å². The van der Waals surface area contributed by atoms with E-state index >= 15 is 0 Å². The molecule has 0 unspecified atom stereocenters. The summed E-state index contributed by atoms with van der Waals surface area (Å²) < 4.78 is 10.6. The van der Waals surface area contributed by atoms with Crippen LogP contribution in [0.4, 0.5) is 0 Å². The van der Waals surface area contributed by atoms with Gasteiger partial charge in [0.15, 0.2) is 11.5 Å². The van der Waals surface area contributed by atoms with Crippen LogP contribution in [0.5, 0.6) is 11.5 Å². The molecule has 3 heteroatoms. The Hall–Kier alpha value is -0.830. The zero-order valence-corrected chi connectivity index (χ0v) is 9.97. The SMILES string of the molecule is CC(C)SCCc1ccc2c(c1)OCO2. The third kappa shape index (κ3) is 2.81. The van der Waals surface area contributed by atoms with Gasteiger partial charge in [0, 0.05) is 0 Å². The third-order valence-electron chi connectivity index (χ3n) is 2.28. The Bertz CT molecular complexity index is 336. The molecule has 1 aromatic rings. The molecule has 15 heavy (non-hydrogen) atoms. The van der Waals surface area contributed by atoms with Crippen LogP contribution in [0.25, 0.3) is 0 Å². The van der Waals surface area contributed by atoms with E-state index in [0.717, 1.165) is 23.7 Å². The Balaban J connectivity index is 1.92. The highest BCUT2D eigenvalue weighted by atomic mass is 32.2. The highest BCUT2D eigenvalue weighted by Gasteiger charge is 2.12. The summed E-state index contributed by atoms with van der Waals surface area (Å²) in [5.74, 6) is 2.93. The maximum atomic E-state index is 5.34. The van der Waals surface area contributed by atoms with Gasteiger partial charge in [0.25, 0.3) is 0 Å². The average molecular weight is 224 g/mol. The number of fused-ring (bicyclic) bond motifs is 1. The molecule has 1 heterocycles. The summed E-state index contributed by atoms with van der Waals surface area (Å²) in [4.78, 5) is 0. The lowest BCUT2D eigenvalue weighted by atomic mass is 10.1. The molecule has 0 amide bonds. The largest absolute Gasteiger partial charge is 0.454 e. The predicted octanol–water partition coefficient (Wildman–Crippen LogP) is 3.10. The number of hydrogen-bond donors (Lipinski definition) is 0. The summed E-state index contributed by atoms with van der Waals surface area (Å²) in [5.41, 5.74) is 1.33. The first-order chi connectivity index (χ1) is 7.25. The third-order valence-corrected chi connectivity index (χ3v) is 3.39. The van der Waals surface area contributed by atoms with Crippen LogP contribution in [0.1, 0.15) is 19.4 Å². The van der Waals surface area contributed by atoms with Crippen molar-refractivity contribution in [2.75, 3.05) is 12.5 Å². The number of hydrogen-bond acceptors (Lipinski definition) is 3. The Morgan fingerprint density at radius 2 is 2.07 bits per heavy atom. The van der Waals surface area contributed by atoms with Crippen molar-refractivity contribution in [3.63, 3.8) is 0 Å². The normalized spacial score (nSPS) is 13.5. The topological polar surface area (TPSA) is 18.5 Å². The van der Waals surface area contributed by atoms with Crippen molar-refractivity contribution in [3.8, 4) is 11.5 Å². The summed E-state index contributed by atoms with van der Waals surface area (Å²) in [6, 6.07) is 6.20. The Kier molecular flexibility index (Phi) is 3.41. The maximum absolute atomic E-state index is 5.34. The van der Waals surface area contributed by atoms with E-state index in [1.165, 1.54) is 5.56 Å². The number of rotatable bonds is 4. The number of ether oxygens (including phenoxy) is 2. The van der Waals surface area contributed by atoms with Gasteiger partial charge < -0.3 is 9.47 Å². The van der Waals surface area contributed by atoms with E-state index in [2.05, 4.69) is 26.0 Å². The average Bonchev–Trinajstić information content (AvgIpc) is 2.64. The quantitative estimate of drug-likeness (QED) is 0.783. The minimum atomic E-state index is 0.361. The molecule has 0 aliphatic carbocycles. The molecular formula is C12H16O2S. The van der Waals surface area contributed by atoms with E-state index < -0.39 is 0 Å². The molecule has 0 radical (unpaired) electrons. The van der Waals surface area contributed by atoms with Crippen molar-refractivity contribution in [2.24, 2.45) is 0 Å². The molecule has 2 nitrogen and oxygen atoms in total. The molecule has 0 atom stereocenters. The summed E-state index contributed by atoms with van der Waals surface area (Å²) in [6.45, 7) is 4.81. The fourth-order valence-electron chi connectivity index (χ4n) is 1.51. The van der Waals surface area contributed by atoms with Gasteiger partial charge in [0.2, 0.25) is 6.79 Å². The molecule has 0 aromatic heterocycles. The smallest absolute Gasteiger partial charge is 0.231 e. The monoisotopic (exact) mass is 224 g/mol. The van der Waals surface area contributed by atoms with E-state index in [1.807, 2.05) is 17.8 Å². The van der Waals surface area contributed by atoms with E-state index in [1.54, 1.807) is 0 Å². The number of thioether (sulfide) groups is 1. The van der Waals surface area contributed by atoms with Gasteiger partial charge in [-0.2, -0.15) is 11.8 Å². The van der Waals surface area contributed by atoms with Crippen molar-refractivity contribution in [1.29, 1.82) is 0 Å². The van der Waals surface area contributed by atoms with E-state index in [-0.39, 0.29) is 0 Å². The summed E-state index contributed by atoms with van der Waals surface area (Å²) in [5, 5.41) is 0.707. The van der Waals surface area contributed by atoms with Gasteiger partial charge >= 0.3 is 0 Å². The Labute approximate surface area is 95.0 Å². The summed E-state index contributed by atoms with van der Waals surface area (Å²) in [7, 11) is 0. The van der Waals surface area contributed by atoms with Gasteiger partial charge in [-0.25, -0.2) is 0 Å². The van der Waals surface area contributed by atoms with Gasteiger partial charge in [-0.1, -0.05) is 19.9 Å². The lowest BCUT2D eigenvalue weighted by molar-refractivity contribution is 0.174. The van der Waals surface area contributed by atoms with Crippen LogP contribution >= 0.6 is 11.8 Å². The lowest BCUT2D eigenvalue weighted by Gasteiger charge is -2.05. The molecule has 0 N–H and O–H groups in total. The van der Waals surface area contributed by atoms with Crippen LogP contribution < -0.4 is 9.47 Å². The fourth-order valence-corrected chi connectivity index (χ4v) is 2.33. The summed E-state index contributed by atoms with van der Waals surface area (Å²) in [6.07, 6.45) is 1.10. The first kappa shape index (κ1) is 10.7. The van der Waals surface area contributed by atoms with Crippen LogP contribution in [0, 0.1) is 0 Å². The zero-order chi connectivity index (χ0) is 10.7. The second kappa shape index (κ2) is 4.79. The number of aryl methyl sites for hydroxylation is 1. The minimum Gasteiger partial charge on any atom is -0.454 e. The Morgan fingerprint density at radius 1 is 1.27 bits per heavy atom. The maximum Gasteiger partial charge on any atom is 0.231 e. The van der Waals surface area contributed by atoms with Crippen LogP contribution in [0.15, 0.2) is 18.2 Å². The van der Waals surface area contributed by atoms with Gasteiger partial charge in [-0.15, -0.1) is 0 Å². The molecule has 82 valence electrons. The molecule has 1 aliphatic heterocycles. The molecular weight excluding hydrogens is 208 g/mol. The van der Waals surface area contributed by atoms with E-state index in [9.17, 15) is 0 Å². The molecule has 0 spiro atoms. The van der Waals surface area contributed by atoms with Crippen molar-refractivity contribution < 1.29 is 9.47 Å². The second-order valence-electron chi connectivity index (χ2n) is 3.86. The van der Waals surface area contributed by atoms with Crippen LogP contribution in [-0.4, -0.2) is 17.8 Å². The van der Waals surface area contributed by atoms with Gasteiger partial charge in [0.1, 0.15) is 0 Å². The van der Waals surface area contributed by atoms with Crippen LogP contribution in [0.2, 0.25) is 0 Å². The van der Waals surface area contributed by atoms with Gasteiger partial charge in [-0.3, -0.25) is 0 Å². The molecule has 0 saturated heterocycles. The van der Waals surface area contributed by atoms with Crippen molar-refractivity contribution in [3.05, 3.63) is 23.8 Å². The standard InChI is InChI=1S/C12H16O2S/c1-9(2)15-6-5-10-3-4-11-12(7-10)14-8-13-11/h3-4,7,9H,5-6,8H2,1-2H3. The van der Waals surface area contributed by atoms with Gasteiger partial charge in [-0.05, 0) is 35.1 Å². The molecule has 1 aromatic carbocycles. The highest BCUT2D eigenvalue weighted by Crippen LogP contribution is 2.32. The molecule has 0 fully saturated rings. The molecule has 0 bridgehead atoms.